The van der Waals surface area contributed by atoms with Gasteiger partial charge in [-0.3, -0.25) is 0 Å². The number of hydrogen-bond donors (Lipinski definition) is 1. The monoisotopic (exact) mass is 177 g/mol. The molecule has 0 atom stereocenters. The Morgan fingerprint density at radius 3 is 2.77 bits per heavy atom. The molecule has 0 saturated heterocycles. The highest BCUT2D eigenvalue weighted by molar-refractivity contribution is 5.51. The zero-order chi connectivity index (χ0) is 9.10. The van der Waals surface area contributed by atoms with Gasteiger partial charge in [0.25, 0.3) is 0 Å². The molecule has 1 aliphatic rings. The molecule has 0 bridgehead atoms. The molecule has 1 aromatic carbocycles. The third-order valence-corrected chi connectivity index (χ3v) is 2.40. The highest BCUT2D eigenvalue weighted by Crippen LogP contribution is 2.32. The molecule has 2 nitrogen and oxygen atoms in total. The Labute approximate surface area is 78.7 Å². The predicted molar refractivity (Wildman–Crippen MR) is 53.7 cm³/mol. The van der Waals surface area contributed by atoms with Crippen molar-refractivity contribution in [2.75, 3.05) is 12.3 Å². The number of anilines is 1. The first kappa shape index (κ1) is 8.42. The average Bonchev–Trinajstić information content (AvgIpc) is 2.92. The summed E-state index contributed by atoms with van der Waals surface area (Å²) in [4.78, 5) is 0. The molecule has 0 radical (unpaired) electrons. The fourth-order valence-corrected chi connectivity index (χ4v) is 1.35. The molecular weight excluding hydrogens is 162 g/mol. The normalized spacial score (nSPS) is 15.7. The van der Waals surface area contributed by atoms with Crippen LogP contribution in [-0.2, 0) is 0 Å². The van der Waals surface area contributed by atoms with Gasteiger partial charge in [0, 0.05) is 0 Å². The summed E-state index contributed by atoms with van der Waals surface area (Å²) in [5, 5.41) is 0. The highest BCUT2D eigenvalue weighted by Gasteiger charge is 2.20. The van der Waals surface area contributed by atoms with E-state index >= 15 is 0 Å². The van der Waals surface area contributed by atoms with Crippen LogP contribution in [0.15, 0.2) is 24.3 Å². The summed E-state index contributed by atoms with van der Waals surface area (Å²) >= 11 is 0. The third-order valence-electron chi connectivity index (χ3n) is 2.40. The Bertz CT molecular complexity index is 281. The third kappa shape index (κ3) is 2.38. The molecule has 13 heavy (non-hydrogen) atoms. The maximum atomic E-state index is 5.73. The minimum absolute atomic E-state index is 0.735. The van der Waals surface area contributed by atoms with Crippen molar-refractivity contribution in [1.29, 1.82) is 0 Å². The largest absolute Gasteiger partial charge is 0.491 e. The van der Waals surface area contributed by atoms with Crippen LogP contribution in [0.2, 0.25) is 0 Å². The summed E-state index contributed by atoms with van der Waals surface area (Å²) in [7, 11) is 0. The summed E-state index contributed by atoms with van der Waals surface area (Å²) in [5.74, 6) is 1.74. The smallest absolute Gasteiger partial charge is 0.142 e. The lowest BCUT2D eigenvalue weighted by Gasteiger charge is -2.07. The molecule has 0 amide bonds. The van der Waals surface area contributed by atoms with Crippen molar-refractivity contribution in [2.24, 2.45) is 5.92 Å². The maximum Gasteiger partial charge on any atom is 0.142 e. The SMILES string of the molecule is Nc1ccccc1OCCC1CC1. The van der Waals surface area contributed by atoms with Crippen molar-refractivity contribution >= 4 is 5.69 Å². The van der Waals surface area contributed by atoms with Crippen LogP contribution >= 0.6 is 0 Å². The summed E-state index contributed by atoms with van der Waals surface area (Å²) in [6, 6.07) is 7.65. The van der Waals surface area contributed by atoms with Crippen LogP contribution in [-0.4, -0.2) is 6.61 Å². The number of para-hydroxylation sites is 2. The lowest BCUT2D eigenvalue weighted by Crippen LogP contribution is -2.00. The van der Waals surface area contributed by atoms with E-state index in [1.165, 1.54) is 19.3 Å². The van der Waals surface area contributed by atoms with Crippen LogP contribution in [0.25, 0.3) is 0 Å². The Kier molecular flexibility index (Phi) is 2.39. The van der Waals surface area contributed by atoms with Crippen LogP contribution in [0, 0.1) is 5.92 Å². The van der Waals surface area contributed by atoms with Crippen LogP contribution in [0.4, 0.5) is 5.69 Å². The molecule has 1 aliphatic carbocycles. The zero-order valence-corrected chi connectivity index (χ0v) is 7.70. The standard InChI is InChI=1S/C11H15NO/c12-10-3-1-2-4-11(10)13-8-7-9-5-6-9/h1-4,9H,5-8,12H2. The topological polar surface area (TPSA) is 35.2 Å². The van der Waals surface area contributed by atoms with Crippen LogP contribution in [0.5, 0.6) is 5.75 Å². The van der Waals surface area contributed by atoms with E-state index in [0.717, 1.165) is 24.0 Å². The van der Waals surface area contributed by atoms with Gasteiger partial charge >= 0.3 is 0 Å². The fraction of sp³-hybridized carbons (Fsp3) is 0.455. The van der Waals surface area contributed by atoms with E-state index < -0.39 is 0 Å². The zero-order valence-electron chi connectivity index (χ0n) is 7.70. The number of ether oxygens (including phenoxy) is 1. The quantitative estimate of drug-likeness (QED) is 0.717. The first-order valence-electron chi connectivity index (χ1n) is 4.83. The van der Waals surface area contributed by atoms with E-state index in [0.29, 0.717) is 0 Å². The van der Waals surface area contributed by atoms with E-state index in [2.05, 4.69) is 0 Å². The van der Waals surface area contributed by atoms with Crippen LogP contribution in [0.1, 0.15) is 19.3 Å². The number of rotatable bonds is 4. The second-order valence-corrected chi connectivity index (χ2v) is 3.62. The Balaban J connectivity index is 1.82. The van der Waals surface area contributed by atoms with Gasteiger partial charge in [-0.2, -0.15) is 0 Å². The summed E-state index contributed by atoms with van der Waals surface area (Å²) in [6.07, 6.45) is 3.94. The minimum atomic E-state index is 0.735. The maximum absolute atomic E-state index is 5.73. The van der Waals surface area contributed by atoms with E-state index in [-0.39, 0.29) is 0 Å². The van der Waals surface area contributed by atoms with Crippen LogP contribution < -0.4 is 10.5 Å². The summed E-state index contributed by atoms with van der Waals surface area (Å²) < 4.78 is 5.56. The number of hydrogen-bond acceptors (Lipinski definition) is 2. The molecule has 0 aromatic heterocycles. The van der Waals surface area contributed by atoms with Gasteiger partial charge in [0.1, 0.15) is 5.75 Å². The minimum Gasteiger partial charge on any atom is -0.491 e. The highest BCUT2D eigenvalue weighted by atomic mass is 16.5. The molecule has 2 N–H and O–H groups in total. The first-order valence-corrected chi connectivity index (χ1v) is 4.83. The molecule has 0 aliphatic heterocycles. The molecule has 2 rings (SSSR count). The molecular formula is C11H15NO. The first-order chi connectivity index (χ1) is 6.36. The van der Waals surface area contributed by atoms with Gasteiger partial charge in [0.2, 0.25) is 0 Å². The van der Waals surface area contributed by atoms with Gasteiger partial charge in [-0.1, -0.05) is 25.0 Å². The molecule has 1 fully saturated rings. The van der Waals surface area contributed by atoms with Crippen molar-refractivity contribution in [3.63, 3.8) is 0 Å². The van der Waals surface area contributed by atoms with Crippen LogP contribution in [0.3, 0.4) is 0 Å². The fourth-order valence-electron chi connectivity index (χ4n) is 1.35. The number of nitrogen functional groups attached to an aromatic ring is 1. The van der Waals surface area contributed by atoms with E-state index in [4.69, 9.17) is 10.5 Å². The molecule has 1 aromatic rings. The van der Waals surface area contributed by atoms with Gasteiger partial charge in [-0.05, 0) is 24.5 Å². The predicted octanol–water partition coefficient (Wildman–Crippen LogP) is 2.45. The van der Waals surface area contributed by atoms with Gasteiger partial charge in [-0.15, -0.1) is 0 Å². The van der Waals surface area contributed by atoms with Crippen molar-refractivity contribution in [2.45, 2.75) is 19.3 Å². The second-order valence-electron chi connectivity index (χ2n) is 3.62. The van der Waals surface area contributed by atoms with Gasteiger partial charge in [0.05, 0.1) is 12.3 Å². The number of benzene rings is 1. The second kappa shape index (κ2) is 3.69. The van der Waals surface area contributed by atoms with Crippen molar-refractivity contribution < 1.29 is 4.74 Å². The average molecular weight is 177 g/mol. The van der Waals surface area contributed by atoms with Crippen molar-refractivity contribution in [1.82, 2.24) is 0 Å². The Morgan fingerprint density at radius 2 is 2.08 bits per heavy atom. The van der Waals surface area contributed by atoms with E-state index in [9.17, 15) is 0 Å². The number of nitrogens with two attached hydrogens (primary N) is 1. The van der Waals surface area contributed by atoms with Crippen molar-refractivity contribution in [3.05, 3.63) is 24.3 Å². The molecule has 70 valence electrons. The lowest BCUT2D eigenvalue weighted by atomic mass is 10.3. The van der Waals surface area contributed by atoms with Gasteiger partial charge in [0.15, 0.2) is 0 Å². The molecule has 2 heteroatoms. The molecule has 0 unspecified atom stereocenters. The summed E-state index contributed by atoms with van der Waals surface area (Å²) in [6.45, 7) is 0.804. The van der Waals surface area contributed by atoms with Crippen molar-refractivity contribution in [3.8, 4) is 5.75 Å². The Morgan fingerprint density at radius 1 is 1.31 bits per heavy atom. The van der Waals surface area contributed by atoms with Gasteiger partial charge in [-0.25, -0.2) is 0 Å². The molecule has 0 heterocycles. The lowest BCUT2D eigenvalue weighted by molar-refractivity contribution is 0.304. The van der Waals surface area contributed by atoms with E-state index in [1.807, 2.05) is 24.3 Å². The van der Waals surface area contributed by atoms with Gasteiger partial charge < -0.3 is 10.5 Å². The Hall–Kier alpha value is -1.18. The van der Waals surface area contributed by atoms with E-state index in [1.54, 1.807) is 0 Å². The molecule has 1 saturated carbocycles. The molecule has 0 spiro atoms. The summed E-state index contributed by atoms with van der Waals surface area (Å²) in [5.41, 5.74) is 6.46.